The Morgan fingerprint density at radius 2 is 1.65 bits per heavy atom. The largest absolute Gasteiger partial charge is 0.301 e. The molecular weight excluding hydrogens is 378 g/mol. The van der Waals surface area contributed by atoms with E-state index in [4.69, 9.17) is 0 Å². The van der Waals surface area contributed by atoms with E-state index in [1.165, 1.54) is 11.1 Å². The van der Waals surface area contributed by atoms with Gasteiger partial charge in [0.25, 0.3) is 0 Å². The molecule has 0 spiro atoms. The summed E-state index contributed by atoms with van der Waals surface area (Å²) in [6.45, 7) is 2.02. The van der Waals surface area contributed by atoms with Gasteiger partial charge in [0.15, 0.2) is 0 Å². The zero-order valence-electron chi connectivity index (χ0n) is 11.6. The number of likely N-dealkylation sites (N-methyl/N-ethyl adjacent to an activating group) is 1. The van der Waals surface area contributed by atoms with Gasteiger partial charge in [-0.2, -0.15) is 0 Å². The minimum Gasteiger partial charge on any atom is -0.301 e. The van der Waals surface area contributed by atoms with Crippen molar-refractivity contribution in [3.63, 3.8) is 0 Å². The molecule has 0 amide bonds. The monoisotopic (exact) mass is 395 g/mol. The number of halogens is 2. The lowest BCUT2D eigenvalue weighted by molar-refractivity contribution is 0.311. The Kier molecular flexibility index (Phi) is 6.27. The molecule has 0 bridgehead atoms. The number of alkyl halides is 1. The average Bonchev–Trinajstić information content (AvgIpc) is 2.48. The molecule has 1 nitrogen and oxygen atoms in total. The fourth-order valence-electron chi connectivity index (χ4n) is 2.31. The van der Waals surface area contributed by atoms with E-state index in [0.29, 0.717) is 5.92 Å². The summed E-state index contributed by atoms with van der Waals surface area (Å²) in [5.41, 5.74) is 2.74. The highest BCUT2D eigenvalue weighted by atomic mass is 79.9. The van der Waals surface area contributed by atoms with Crippen molar-refractivity contribution in [2.45, 2.75) is 12.5 Å². The second-order valence-electron chi connectivity index (χ2n) is 5.09. The van der Waals surface area contributed by atoms with Gasteiger partial charge in [0.2, 0.25) is 0 Å². The van der Waals surface area contributed by atoms with Gasteiger partial charge in [-0.25, -0.2) is 0 Å². The first-order chi connectivity index (χ1) is 9.69. The molecule has 0 N–H and O–H groups in total. The molecule has 0 fully saturated rings. The molecule has 2 aromatic carbocycles. The van der Waals surface area contributed by atoms with Crippen LogP contribution in [-0.2, 0) is 6.54 Å². The maximum absolute atomic E-state index is 3.64. The van der Waals surface area contributed by atoms with Crippen molar-refractivity contribution in [2.75, 3.05) is 18.9 Å². The average molecular weight is 397 g/mol. The summed E-state index contributed by atoms with van der Waals surface area (Å²) in [4.78, 5) is 2.38. The van der Waals surface area contributed by atoms with Gasteiger partial charge in [-0.05, 0) is 30.3 Å². The van der Waals surface area contributed by atoms with Crippen molar-refractivity contribution in [1.82, 2.24) is 4.90 Å². The van der Waals surface area contributed by atoms with E-state index in [1.54, 1.807) is 0 Å². The minimum absolute atomic E-state index is 0.525. The van der Waals surface area contributed by atoms with Crippen molar-refractivity contribution < 1.29 is 0 Å². The third kappa shape index (κ3) is 4.72. The number of nitrogens with zero attached hydrogens (tertiary/aromatic N) is 1. The first kappa shape index (κ1) is 15.7. The fourth-order valence-corrected chi connectivity index (χ4v) is 3.15. The summed E-state index contributed by atoms with van der Waals surface area (Å²) in [7, 11) is 2.18. The van der Waals surface area contributed by atoms with Crippen LogP contribution in [0.3, 0.4) is 0 Å². The lowest BCUT2D eigenvalue weighted by atomic mass is 10.0. The van der Waals surface area contributed by atoms with Crippen LogP contribution in [0, 0.1) is 0 Å². The van der Waals surface area contributed by atoms with E-state index >= 15 is 0 Å². The number of benzene rings is 2. The molecular formula is C17H19Br2N. The van der Waals surface area contributed by atoms with Crippen LogP contribution in [0.1, 0.15) is 17.0 Å². The second-order valence-corrected chi connectivity index (χ2v) is 6.65. The highest BCUT2D eigenvalue weighted by Gasteiger charge is 2.12. The lowest BCUT2D eigenvalue weighted by Gasteiger charge is -2.23. The van der Waals surface area contributed by atoms with Gasteiger partial charge in [0.1, 0.15) is 0 Å². The number of rotatable bonds is 6. The molecule has 0 aliphatic carbocycles. The van der Waals surface area contributed by atoms with E-state index in [9.17, 15) is 0 Å². The summed E-state index contributed by atoms with van der Waals surface area (Å²) in [6.07, 6.45) is 0. The molecule has 2 aromatic rings. The van der Waals surface area contributed by atoms with Crippen molar-refractivity contribution in [3.05, 3.63) is 70.2 Å². The van der Waals surface area contributed by atoms with E-state index in [2.05, 4.69) is 98.4 Å². The maximum atomic E-state index is 3.64. The first-order valence-corrected chi connectivity index (χ1v) is 8.64. The van der Waals surface area contributed by atoms with Gasteiger partial charge in [0, 0.05) is 28.8 Å². The molecule has 0 saturated heterocycles. The van der Waals surface area contributed by atoms with Gasteiger partial charge < -0.3 is 4.90 Å². The fraction of sp³-hybridized carbons (Fsp3) is 0.294. The molecule has 2 rings (SSSR count). The minimum atomic E-state index is 0.525. The van der Waals surface area contributed by atoms with E-state index in [0.717, 1.165) is 22.9 Å². The normalized spacial score (nSPS) is 12.6. The molecule has 106 valence electrons. The SMILES string of the molecule is CN(Cc1ccc(Br)cc1)CC(CBr)c1ccccc1. The molecule has 0 radical (unpaired) electrons. The molecule has 20 heavy (non-hydrogen) atoms. The van der Waals surface area contributed by atoms with Crippen LogP contribution in [0.25, 0.3) is 0 Å². The highest BCUT2D eigenvalue weighted by Crippen LogP contribution is 2.20. The van der Waals surface area contributed by atoms with Gasteiger partial charge in [-0.3, -0.25) is 0 Å². The Labute approximate surface area is 138 Å². The summed E-state index contributed by atoms with van der Waals surface area (Å²) in [6, 6.07) is 19.3. The third-order valence-corrected chi connectivity index (χ3v) is 4.67. The van der Waals surface area contributed by atoms with E-state index in [-0.39, 0.29) is 0 Å². The molecule has 1 unspecified atom stereocenters. The second kappa shape index (κ2) is 7.96. The predicted molar refractivity (Wildman–Crippen MR) is 93.5 cm³/mol. The van der Waals surface area contributed by atoms with Gasteiger partial charge in [-0.15, -0.1) is 0 Å². The molecule has 1 atom stereocenters. The van der Waals surface area contributed by atoms with Crippen LogP contribution in [0.5, 0.6) is 0 Å². The Hall–Kier alpha value is -0.640. The summed E-state index contributed by atoms with van der Waals surface area (Å²) in [5.74, 6) is 0.525. The zero-order chi connectivity index (χ0) is 14.4. The quantitative estimate of drug-likeness (QED) is 0.616. The van der Waals surface area contributed by atoms with E-state index < -0.39 is 0 Å². The summed E-state index contributed by atoms with van der Waals surface area (Å²) >= 11 is 7.12. The van der Waals surface area contributed by atoms with Crippen LogP contribution in [-0.4, -0.2) is 23.8 Å². The smallest absolute Gasteiger partial charge is 0.0230 e. The van der Waals surface area contributed by atoms with Crippen molar-refractivity contribution >= 4 is 31.9 Å². The number of hydrogen-bond acceptors (Lipinski definition) is 1. The van der Waals surface area contributed by atoms with Gasteiger partial charge in [-0.1, -0.05) is 74.3 Å². The van der Waals surface area contributed by atoms with Crippen LogP contribution in [0.4, 0.5) is 0 Å². The van der Waals surface area contributed by atoms with Crippen LogP contribution < -0.4 is 0 Å². The van der Waals surface area contributed by atoms with Gasteiger partial charge in [0.05, 0.1) is 0 Å². The third-order valence-electron chi connectivity index (χ3n) is 3.36. The Morgan fingerprint density at radius 3 is 2.25 bits per heavy atom. The molecule has 0 aliphatic heterocycles. The summed E-state index contributed by atoms with van der Waals surface area (Å²) in [5, 5.41) is 0.988. The maximum Gasteiger partial charge on any atom is 0.0230 e. The highest BCUT2D eigenvalue weighted by molar-refractivity contribution is 9.10. The lowest BCUT2D eigenvalue weighted by Crippen LogP contribution is -2.25. The Morgan fingerprint density at radius 1 is 1.00 bits per heavy atom. The standard InChI is InChI=1S/C17H19Br2N/c1-20(12-14-7-9-17(19)10-8-14)13-16(11-18)15-5-3-2-4-6-15/h2-10,16H,11-13H2,1H3. The molecule has 0 saturated carbocycles. The molecule has 0 aliphatic rings. The Balaban J connectivity index is 1.95. The van der Waals surface area contributed by atoms with Crippen LogP contribution in [0.2, 0.25) is 0 Å². The zero-order valence-corrected chi connectivity index (χ0v) is 14.8. The van der Waals surface area contributed by atoms with Crippen LogP contribution in [0.15, 0.2) is 59.1 Å². The van der Waals surface area contributed by atoms with E-state index in [1.807, 2.05) is 0 Å². The Bertz CT molecular complexity index is 510. The molecule has 3 heteroatoms. The summed E-state index contributed by atoms with van der Waals surface area (Å²) < 4.78 is 1.13. The first-order valence-electron chi connectivity index (χ1n) is 6.73. The predicted octanol–water partition coefficient (Wildman–Crippen LogP) is 5.06. The topological polar surface area (TPSA) is 3.24 Å². The molecule has 0 aromatic heterocycles. The van der Waals surface area contributed by atoms with Crippen molar-refractivity contribution in [2.24, 2.45) is 0 Å². The van der Waals surface area contributed by atoms with Crippen molar-refractivity contribution in [3.8, 4) is 0 Å². The van der Waals surface area contributed by atoms with Crippen LogP contribution >= 0.6 is 31.9 Å². The number of hydrogen-bond donors (Lipinski definition) is 0. The molecule has 0 heterocycles. The van der Waals surface area contributed by atoms with Crippen molar-refractivity contribution in [1.29, 1.82) is 0 Å². The van der Waals surface area contributed by atoms with Gasteiger partial charge >= 0.3 is 0 Å².